The first-order valence-corrected chi connectivity index (χ1v) is 9.44. The molecule has 0 aliphatic rings. The van der Waals surface area contributed by atoms with Gasteiger partial charge in [0.15, 0.2) is 5.96 Å². The van der Waals surface area contributed by atoms with Crippen LogP contribution in [0.2, 0.25) is 0 Å². The molecule has 0 spiro atoms. The average molecular weight is 376 g/mol. The Labute approximate surface area is 160 Å². The molecule has 0 saturated carbocycles. The van der Waals surface area contributed by atoms with Gasteiger partial charge in [0.2, 0.25) is 0 Å². The molecule has 7 nitrogen and oxygen atoms in total. The van der Waals surface area contributed by atoms with Crippen LogP contribution in [0.5, 0.6) is 0 Å². The topological polar surface area (TPSA) is 76.4 Å². The van der Waals surface area contributed by atoms with Gasteiger partial charge >= 0.3 is 0 Å². The maximum absolute atomic E-state index is 13.8. The third-order valence-corrected chi connectivity index (χ3v) is 3.98. The molecule has 1 aromatic carbocycles. The van der Waals surface area contributed by atoms with Crippen LogP contribution in [-0.2, 0) is 24.2 Å². The first-order valence-electron chi connectivity index (χ1n) is 9.44. The zero-order valence-corrected chi connectivity index (χ0v) is 16.1. The zero-order chi connectivity index (χ0) is 19.3. The number of benzene rings is 1. The van der Waals surface area contributed by atoms with Crippen LogP contribution in [0.3, 0.4) is 0 Å². The van der Waals surface area contributed by atoms with Gasteiger partial charge in [-0.15, -0.1) is 10.2 Å². The van der Waals surface area contributed by atoms with Gasteiger partial charge in [0.25, 0.3) is 0 Å². The fourth-order valence-corrected chi connectivity index (χ4v) is 2.52. The summed E-state index contributed by atoms with van der Waals surface area (Å²) in [5, 5.41) is 14.6. The number of aliphatic imine (C=N–C) groups is 1. The fraction of sp³-hybridized carbons (Fsp3) is 0.526. The summed E-state index contributed by atoms with van der Waals surface area (Å²) in [6.07, 6.45) is 3.44. The van der Waals surface area contributed by atoms with Crippen LogP contribution in [0, 0.1) is 5.82 Å². The Bertz CT molecular complexity index is 703. The summed E-state index contributed by atoms with van der Waals surface area (Å²) in [7, 11) is 0. The second-order valence-electron chi connectivity index (χ2n) is 5.95. The van der Waals surface area contributed by atoms with Crippen molar-refractivity contribution in [3.05, 3.63) is 47.8 Å². The summed E-state index contributed by atoms with van der Waals surface area (Å²) in [4.78, 5) is 4.51. The smallest absolute Gasteiger partial charge is 0.191 e. The van der Waals surface area contributed by atoms with Crippen molar-refractivity contribution >= 4 is 5.96 Å². The van der Waals surface area contributed by atoms with E-state index in [1.54, 1.807) is 18.5 Å². The highest BCUT2D eigenvalue weighted by molar-refractivity contribution is 5.79. The number of hydrogen-bond donors (Lipinski definition) is 2. The molecule has 2 N–H and O–H groups in total. The molecule has 8 heteroatoms. The lowest BCUT2D eigenvalue weighted by Crippen LogP contribution is -2.39. The molecule has 0 bridgehead atoms. The lowest BCUT2D eigenvalue weighted by molar-refractivity contribution is 0.145. The first-order chi connectivity index (χ1) is 13.2. The SMILES string of the molecule is CCOCCCNC(=NCc1ccccc1F)NCCn1cnnc1CC. The minimum atomic E-state index is -0.242. The molecule has 0 saturated heterocycles. The van der Waals surface area contributed by atoms with Crippen molar-refractivity contribution in [1.29, 1.82) is 0 Å². The Hall–Kier alpha value is -2.48. The van der Waals surface area contributed by atoms with E-state index in [0.717, 1.165) is 31.8 Å². The summed E-state index contributed by atoms with van der Waals surface area (Å²) in [5.74, 6) is 1.36. The number of ether oxygens (including phenoxy) is 1. The van der Waals surface area contributed by atoms with E-state index < -0.39 is 0 Å². The molecule has 1 aromatic heterocycles. The molecular weight excluding hydrogens is 347 g/mol. The van der Waals surface area contributed by atoms with E-state index >= 15 is 0 Å². The maximum Gasteiger partial charge on any atom is 0.191 e. The van der Waals surface area contributed by atoms with Crippen molar-refractivity contribution in [2.45, 2.75) is 39.8 Å². The molecule has 0 aliphatic carbocycles. The summed E-state index contributed by atoms with van der Waals surface area (Å²) < 4.78 is 21.2. The molecule has 0 atom stereocenters. The van der Waals surface area contributed by atoms with E-state index in [2.05, 4.69) is 32.7 Å². The largest absolute Gasteiger partial charge is 0.382 e. The molecule has 2 aromatic rings. The average Bonchev–Trinajstić information content (AvgIpc) is 3.14. The van der Waals surface area contributed by atoms with Crippen molar-refractivity contribution in [2.75, 3.05) is 26.3 Å². The number of guanidine groups is 1. The van der Waals surface area contributed by atoms with Crippen LogP contribution >= 0.6 is 0 Å². The summed E-state index contributed by atoms with van der Waals surface area (Å²) in [5.41, 5.74) is 0.569. The van der Waals surface area contributed by atoms with Gasteiger partial charge in [-0.05, 0) is 19.4 Å². The van der Waals surface area contributed by atoms with Crippen LogP contribution in [0.1, 0.15) is 31.7 Å². The quantitative estimate of drug-likeness (QED) is 0.357. The normalized spacial score (nSPS) is 11.6. The lowest BCUT2D eigenvalue weighted by Gasteiger charge is -2.13. The minimum Gasteiger partial charge on any atom is -0.382 e. The molecule has 2 rings (SSSR count). The van der Waals surface area contributed by atoms with E-state index in [-0.39, 0.29) is 12.4 Å². The summed E-state index contributed by atoms with van der Waals surface area (Å²) in [6, 6.07) is 6.69. The van der Waals surface area contributed by atoms with E-state index in [9.17, 15) is 4.39 Å². The molecule has 1 heterocycles. The van der Waals surface area contributed by atoms with Crippen LogP contribution in [0.15, 0.2) is 35.6 Å². The number of hydrogen-bond acceptors (Lipinski definition) is 4. The van der Waals surface area contributed by atoms with Crippen molar-refractivity contribution in [3.8, 4) is 0 Å². The maximum atomic E-state index is 13.8. The Morgan fingerprint density at radius 3 is 2.81 bits per heavy atom. The van der Waals surface area contributed by atoms with E-state index in [0.29, 0.717) is 31.3 Å². The predicted molar refractivity (Wildman–Crippen MR) is 104 cm³/mol. The van der Waals surface area contributed by atoms with Gasteiger partial charge in [0.1, 0.15) is 18.0 Å². The molecule has 0 fully saturated rings. The predicted octanol–water partition coefficient (Wildman–Crippen LogP) is 2.14. The highest BCUT2D eigenvalue weighted by Crippen LogP contribution is 2.07. The standard InChI is InChI=1S/C19H29FN6O/c1-3-18-25-24-15-26(18)12-11-22-19(21-10-7-13-27-4-2)23-14-16-8-5-6-9-17(16)20/h5-6,8-9,15H,3-4,7,10-14H2,1-2H3,(H2,21,22,23). The first kappa shape index (κ1) is 20.8. The third-order valence-electron chi connectivity index (χ3n) is 3.98. The monoisotopic (exact) mass is 376 g/mol. The molecule has 0 unspecified atom stereocenters. The number of nitrogens with one attached hydrogen (secondary N) is 2. The number of rotatable bonds is 11. The van der Waals surface area contributed by atoms with Crippen molar-refractivity contribution in [2.24, 2.45) is 4.99 Å². The van der Waals surface area contributed by atoms with Crippen LogP contribution in [0.25, 0.3) is 0 Å². The van der Waals surface area contributed by atoms with E-state index in [4.69, 9.17) is 4.74 Å². The van der Waals surface area contributed by atoms with Crippen molar-refractivity contribution in [1.82, 2.24) is 25.4 Å². The van der Waals surface area contributed by atoms with E-state index in [1.165, 1.54) is 6.07 Å². The second kappa shape index (κ2) is 12.0. The van der Waals surface area contributed by atoms with Gasteiger partial charge in [0, 0.05) is 44.8 Å². The Morgan fingerprint density at radius 2 is 2.04 bits per heavy atom. The van der Waals surface area contributed by atoms with Gasteiger partial charge in [-0.25, -0.2) is 9.38 Å². The molecular formula is C19H29FN6O. The second-order valence-corrected chi connectivity index (χ2v) is 5.95. The minimum absolute atomic E-state index is 0.242. The third kappa shape index (κ3) is 7.34. The fourth-order valence-electron chi connectivity index (χ4n) is 2.52. The molecule has 0 aliphatic heterocycles. The summed E-state index contributed by atoms with van der Waals surface area (Å²) >= 11 is 0. The molecule has 0 radical (unpaired) electrons. The van der Waals surface area contributed by atoms with E-state index in [1.807, 2.05) is 17.6 Å². The summed E-state index contributed by atoms with van der Waals surface area (Å²) in [6.45, 7) is 7.85. The number of aryl methyl sites for hydroxylation is 1. The molecule has 27 heavy (non-hydrogen) atoms. The van der Waals surface area contributed by atoms with Gasteiger partial charge in [-0.3, -0.25) is 0 Å². The van der Waals surface area contributed by atoms with Crippen LogP contribution in [0.4, 0.5) is 4.39 Å². The van der Waals surface area contributed by atoms with Crippen LogP contribution in [-0.4, -0.2) is 47.0 Å². The zero-order valence-electron chi connectivity index (χ0n) is 16.1. The van der Waals surface area contributed by atoms with Crippen LogP contribution < -0.4 is 10.6 Å². The van der Waals surface area contributed by atoms with Gasteiger partial charge in [-0.2, -0.15) is 0 Å². The lowest BCUT2D eigenvalue weighted by atomic mass is 10.2. The van der Waals surface area contributed by atoms with Gasteiger partial charge in [-0.1, -0.05) is 25.1 Å². The van der Waals surface area contributed by atoms with Gasteiger partial charge < -0.3 is 19.9 Å². The highest BCUT2D eigenvalue weighted by Gasteiger charge is 2.04. The number of nitrogens with zero attached hydrogens (tertiary/aromatic N) is 4. The molecule has 148 valence electrons. The number of halogens is 1. The Balaban J connectivity index is 1.89. The molecule has 0 amide bonds. The highest BCUT2D eigenvalue weighted by atomic mass is 19.1. The Morgan fingerprint density at radius 1 is 1.22 bits per heavy atom. The van der Waals surface area contributed by atoms with Crippen molar-refractivity contribution < 1.29 is 9.13 Å². The van der Waals surface area contributed by atoms with Crippen molar-refractivity contribution in [3.63, 3.8) is 0 Å². The Kier molecular flexibility index (Phi) is 9.26. The number of aromatic nitrogens is 3. The van der Waals surface area contributed by atoms with Gasteiger partial charge in [0.05, 0.1) is 6.54 Å².